The third-order valence-electron chi connectivity index (χ3n) is 3.23. The maximum atomic E-state index is 12.6. The summed E-state index contributed by atoms with van der Waals surface area (Å²) >= 11 is 0. The van der Waals surface area contributed by atoms with Crippen LogP contribution in [-0.4, -0.2) is 22.6 Å². The molecular formula is C15H18N2O3S. The second-order valence-electron chi connectivity index (χ2n) is 4.52. The van der Waals surface area contributed by atoms with Crippen LogP contribution in [0.5, 0.6) is 5.75 Å². The van der Waals surface area contributed by atoms with Crippen molar-refractivity contribution in [1.29, 1.82) is 0 Å². The number of nitrogens with two attached hydrogens (primary N) is 1. The zero-order chi connectivity index (χ0) is 15.5. The number of sulfonamides is 1. The Kier molecular flexibility index (Phi) is 4.50. The summed E-state index contributed by atoms with van der Waals surface area (Å²) < 4.78 is 31.5. The van der Waals surface area contributed by atoms with Crippen molar-refractivity contribution in [3.05, 3.63) is 54.1 Å². The Hall–Kier alpha value is -2.05. The van der Waals surface area contributed by atoms with Crippen LogP contribution < -0.4 is 14.8 Å². The average molecular weight is 306 g/mol. The largest absolute Gasteiger partial charge is 0.497 e. The summed E-state index contributed by atoms with van der Waals surface area (Å²) in [7, 11) is -0.546. The molecule has 2 N–H and O–H groups in total. The van der Waals surface area contributed by atoms with Gasteiger partial charge in [-0.1, -0.05) is 12.1 Å². The summed E-state index contributed by atoms with van der Waals surface area (Å²) in [5.74, 6) is 0.613. The highest BCUT2D eigenvalue weighted by atomic mass is 32.2. The van der Waals surface area contributed by atoms with Crippen LogP contribution in [0.3, 0.4) is 0 Å². The predicted molar refractivity (Wildman–Crippen MR) is 82.9 cm³/mol. The number of benzene rings is 2. The fourth-order valence-electron chi connectivity index (χ4n) is 1.92. The number of ether oxygens (including phenoxy) is 1. The lowest BCUT2D eigenvalue weighted by Crippen LogP contribution is -2.26. The third kappa shape index (κ3) is 3.17. The molecule has 112 valence electrons. The summed E-state index contributed by atoms with van der Waals surface area (Å²) in [5.41, 5.74) is 7.05. The van der Waals surface area contributed by atoms with Gasteiger partial charge in [-0.2, -0.15) is 0 Å². The smallest absolute Gasteiger partial charge is 0.264 e. The number of methoxy groups -OCH3 is 1. The van der Waals surface area contributed by atoms with Gasteiger partial charge in [-0.15, -0.1) is 0 Å². The van der Waals surface area contributed by atoms with Crippen LogP contribution in [0, 0.1) is 0 Å². The van der Waals surface area contributed by atoms with E-state index in [2.05, 4.69) is 0 Å². The van der Waals surface area contributed by atoms with E-state index in [0.29, 0.717) is 18.0 Å². The molecule has 21 heavy (non-hydrogen) atoms. The first-order chi connectivity index (χ1) is 9.98. The van der Waals surface area contributed by atoms with E-state index in [1.165, 1.54) is 30.6 Å². The van der Waals surface area contributed by atoms with Crippen molar-refractivity contribution in [2.75, 3.05) is 18.5 Å². The fourth-order valence-corrected chi connectivity index (χ4v) is 3.11. The molecule has 0 aliphatic carbocycles. The van der Waals surface area contributed by atoms with E-state index in [9.17, 15) is 8.42 Å². The van der Waals surface area contributed by atoms with Crippen molar-refractivity contribution < 1.29 is 13.2 Å². The van der Waals surface area contributed by atoms with Gasteiger partial charge in [0.15, 0.2) is 0 Å². The van der Waals surface area contributed by atoms with Crippen LogP contribution >= 0.6 is 0 Å². The third-order valence-corrected chi connectivity index (χ3v) is 5.03. The van der Waals surface area contributed by atoms with E-state index in [-0.39, 0.29) is 4.90 Å². The molecule has 0 amide bonds. The molecule has 5 nitrogen and oxygen atoms in total. The summed E-state index contributed by atoms with van der Waals surface area (Å²) in [6.45, 7) is 0.365. The normalized spacial score (nSPS) is 11.2. The first-order valence-electron chi connectivity index (χ1n) is 6.41. The molecule has 0 unspecified atom stereocenters. The molecule has 0 radical (unpaired) electrons. The van der Waals surface area contributed by atoms with E-state index in [4.69, 9.17) is 10.5 Å². The van der Waals surface area contributed by atoms with Gasteiger partial charge in [0.05, 0.1) is 17.7 Å². The van der Waals surface area contributed by atoms with Crippen molar-refractivity contribution in [1.82, 2.24) is 0 Å². The fraction of sp³-hybridized carbons (Fsp3) is 0.200. The molecule has 0 fully saturated rings. The number of hydrogen-bond acceptors (Lipinski definition) is 4. The molecule has 2 aromatic carbocycles. The SMILES string of the molecule is COc1ccc(S(=O)(=O)N(C)c2cccc(CN)c2)cc1. The lowest BCUT2D eigenvalue weighted by molar-refractivity contribution is 0.414. The molecule has 0 aliphatic heterocycles. The molecule has 0 spiro atoms. The van der Waals surface area contributed by atoms with Crippen LogP contribution in [-0.2, 0) is 16.6 Å². The Morgan fingerprint density at radius 2 is 1.81 bits per heavy atom. The monoisotopic (exact) mass is 306 g/mol. The maximum absolute atomic E-state index is 12.6. The molecule has 2 aromatic rings. The van der Waals surface area contributed by atoms with Gasteiger partial charge in [0, 0.05) is 13.6 Å². The van der Waals surface area contributed by atoms with E-state index in [1.54, 1.807) is 30.3 Å². The highest BCUT2D eigenvalue weighted by Crippen LogP contribution is 2.24. The number of anilines is 1. The summed E-state index contributed by atoms with van der Waals surface area (Å²) in [5, 5.41) is 0. The molecule has 0 atom stereocenters. The maximum Gasteiger partial charge on any atom is 0.264 e. The Labute approximate surface area is 125 Å². The van der Waals surface area contributed by atoms with Gasteiger partial charge in [-0.3, -0.25) is 4.31 Å². The van der Waals surface area contributed by atoms with Crippen molar-refractivity contribution in [2.45, 2.75) is 11.4 Å². The topological polar surface area (TPSA) is 72.6 Å². The van der Waals surface area contributed by atoms with E-state index in [1.807, 2.05) is 6.07 Å². The number of rotatable bonds is 5. The van der Waals surface area contributed by atoms with Crippen molar-refractivity contribution in [3.8, 4) is 5.75 Å². The van der Waals surface area contributed by atoms with Gasteiger partial charge in [0.25, 0.3) is 10.0 Å². The molecule has 0 saturated heterocycles. The first kappa shape index (κ1) is 15.3. The van der Waals surface area contributed by atoms with Crippen LogP contribution in [0.15, 0.2) is 53.4 Å². The highest BCUT2D eigenvalue weighted by molar-refractivity contribution is 7.92. The molecule has 0 aromatic heterocycles. The first-order valence-corrected chi connectivity index (χ1v) is 7.85. The lowest BCUT2D eigenvalue weighted by atomic mass is 10.2. The highest BCUT2D eigenvalue weighted by Gasteiger charge is 2.21. The molecule has 0 heterocycles. The van der Waals surface area contributed by atoms with E-state index < -0.39 is 10.0 Å². The van der Waals surface area contributed by atoms with E-state index >= 15 is 0 Å². The standard InChI is InChI=1S/C15H18N2O3S/c1-17(13-5-3-4-12(10-13)11-16)21(18,19)15-8-6-14(20-2)7-9-15/h3-10H,11,16H2,1-2H3. The molecule has 6 heteroatoms. The van der Waals surface area contributed by atoms with Crippen molar-refractivity contribution in [3.63, 3.8) is 0 Å². The number of hydrogen-bond donors (Lipinski definition) is 1. The van der Waals surface area contributed by atoms with Gasteiger partial charge in [-0.25, -0.2) is 8.42 Å². The van der Waals surface area contributed by atoms with Crippen LogP contribution in [0.1, 0.15) is 5.56 Å². The predicted octanol–water partition coefficient (Wildman–Crippen LogP) is 1.98. The van der Waals surface area contributed by atoms with Crippen LogP contribution in [0.4, 0.5) is 5.69 Å². The van der Waals surface area contributed by atoms with Crippen molar-refractivity contribution in [2.24, 2.45) is 5.73 Å². The molecule has 2 rings (SSSR count). The van der Waals surface area contributed by atoms with Crippen molar-refractivity contribution >= 4 is 15.7 Å². The molecule has 0 aliphatic rings. The minimum absolute atomic E-state index is 0.212. The summed E-state index contributed by atoms with van der Waals surface area (Å²) in [6, 6.07) is 13.4. The van der Waals surface area contributed by atoms with Gasteiger partial charge in [-0.05, 0) is 42.0 Å². The molecule has 0 bridgehead atoms. The van der Waals surface area contributed by atoms with Gasteiger partial charge in [0.1, 0.15) is 5.75 Å². The second kappa shape index (κ2) is 6.15. The zero-order valence-electron chi connectivity index (χ0n) is 12.0. The van der Waals surface area contributed by atoms with Gasteiger partial charge in [0.2, 0.25) is 0 Å². The lowest BCUT2D eigenvalue weighted by Gasteiger charge is -2.20. The summed E-state index contributed by atoms with van der Waals surface area (Å²) in [4.78, 5) is 0.212. The zero-order valence-corrected chi connectivity index (χ0v) is 12.8. The summed E-state index contributed by atoms with van der Waals surface area (Å²) in [6.07, 6.45) is 0. The Balaban J connectivity index is 2.37. The number of nitrogens with zero attached hydrogens (tertiary/aromatic N) is 1. The van der Waals surface area contributed by atoms with Gasteiger partial charge < -0.3 is 10.5 Å². The quantitative estimate of drug-likeness (QED) is 0.917. The van der Waals surface area contributed by atoms with Crippen LogP contribution in [0.2, 0.25) is 0 Å². The molecular weight excluding hydrogens is 288 g/mol. The Morgan fingerprint density at radius 3 is 2.38 bits per heavy atom. The second-order valence-corrected chi connectivity index (χ2v) is 6.49. The Morgan fingerprint density at radius 1 is 1.14 bits per heavy atom. The van der Waals surface area contributed by atoms with Gasteiger partial charge >= 0.3 is 0 Å². The Bertz CT molecular complexity index is 712. The molecule has 0 saturated carbocycles. The minimum Gasteiger partial charge on any atom is -0.497 e. The minimum atomic E-state index is -3.61. The van der Waals surface area contributed by atoms with Crippen LogP contribution in [0.25, 0.3) is 0 Å². The average Bonchev–Trinajstić information content (AvgIpc) is 2.54. The van der Waals surface area contributed by atoms with E-state index in [0.717, 1.165) is 5.56 Å².